The maximum absolute atomic E-state index is 13.8. The summed E-state index contributed by atoms with van der Waals surface area (Å²) in [4.78, 5) is 22.0. The van der Waals surface area contributed by atoms with E-state index in [9.17, 15) is 13.2 Å². The number of aromatic nitrogens is 3. The summed E-state index contributed by atoms with van der Waals surface area (Å²) in [6, 6.07) is 12.3. The fourth-order valence-corrected chi connectivity index (χ4v) is 4.74. The molecule has 0 saturated carbocycles. The molecule has 0 spiro atoms. The van der Waals surface area contributed by atoms with E-state index in [-0.39, 0.29) is 50.0 Å². The Kier molecular flexibility index (Phi) is 6.53. The largest absolute Gasteiger partial charge is 0.495 e. The van der Waals surface area contributed by atoms with Crippen molar-refractivity contribution in [1.29, 1.82) is 0 Å². The molecule has 8 nitrogen and oxygen atoms in total. The smallest absolute Gasteiger partial charge is 0.260 e. The lowest BCUT2D eigenvalue weighted by molar-refractivity contribution is 0.395. The highest BCUT2D eigenvalue weighted by molar-refractivity contribution is 7.90. The molecule has 0 atom stereocenters. The van der Waals surface area contributed by atoms with Crippen molar-refractivity contribution in [1.82, 2.24) is 14.5 Å². The standard InChI is InChI=1S/C23H19Cl2N3O5S/c1-32-16-10-17(33-2)20(25)18(19(16)24)15-9-14-11-26-23(34(3,30)31)27-21(14)28(22(15)29)12-13-7-5-4-6-8-13/h4-11H,12H2,1-3H3. The molecule has 0 aliphatic heterocycles. The molecule has 0 N–H and O–H groups in total. The van der Waals surface area contributed by atoms with Crippen LogP contribution in [0.4, 0.5) is 0 Å². The van der Waals surface area contributed by atoms with Gasteiger partial charge in [-0.3, -0.25) is 9.36 Å². The van der Waals surface area contributed by atoms with Crippen LogP contribution in [0.2, 0.25) is 10.0 Å². The minimum atomic E-state index is -3.70. The zero-order valence-corrected chi connectivity index (χ0v) is 20.7. The Hall–Kier alpha value is -3.14. The predicted octanol–water partition coefficient (Wildman–Crippen LogP) is 4.23. The second-order valence-corrected chi connectivity index (χ2v) is 10.1. The third-order valence-electron chi connectivity index (χ3n) is 5.16. The molecule has 4 rings (SSSR count). The maximum atomic E-state index is 13.8. The number of hydrogen-bond donors (Lipinski definition) is 0. The van der Waals surface area contributed by atoms with Crippen LogP contribution in [0.1, 0.15) is 5.56 Å². The summed E-state index contributed by atoms with van der Waals surface area (Å²) < 4.78 is 36.2. The molecule has 0 aliphatic carbocycles. The van der Waals surface area contributed by atoms with E-state index in [4.69, 9.17) is 32.7 Å². The van der Waals surface area contributed by atoms with Gasteiger partial charge < -0.3 is 9.47 Å². The van der Waals surface area contributed by atoms with Crippen molar-refractivity contribution in [3.8, 4) is 22.6 Å². The first-order chi connectivity index (χ1) is 16.2. The summed E-state index contributed by atoms with van der Waals surface area (Å²) >= 11 is 13.1. The summed E-state index contributed by atoms with van der Waals surface area (Å²) in [5.74, 6) is 0.548. The number of sulfone groups is 1. The van der Waals surface area contributed by atoms with Crippen molar-refractivity contribution in [3.05, 3.63) is 74.6 Å². The summed E-state index contributed by atoms with van der Waals surface area (Å²) in [5, 5.41) is 0.300. The van der Waals surface area contributed by atoms with Gasteiger partial charge in [0.25, 0.3) is 5.56 Å². The van der Waals surface area contributed by atoms with E-state index in [2.05, 4.69) is 9.97 Å². The van der Waals surface area contributed by atoms with Gasteiger partial charge in [0.2, 0.25) is 15.0 Å². The van der Waals surface area contributed by atoms with Crippen LogP contribution in [0.25, 0.3) is 22.2 Å². The molecule has 0 unspecified atom stereocenters. The number of rotatable bonds is 6. The minimum absolute atomic E-state index is 0.126. The zero-order valence-electron chi connectivity index (χ0n) is 18.4. The van der Waals surface area contributed by atoms with Crippen LogP contribution in [0.15, 0.2) is 58.6 Å². The number of pyridine rings is 1. The number of methoxy groups -OCH3 is 2. The lowest BCUT2D eigenvalue weighted by Crippen LogP contribution is -2.24. The summed E-state index contributed by atoms with van der Waals surface area (Å²) in [5.41, 5.74) is 0.874. The van der Waals surface area contributed by atoms with Gasteiger partial charge in [-0.05, 0) is 11.6 Å². The van der Waals surface area contributed by atoms with Gasteiger partial charge in [0.1, 0.15) is 17.1 Å². The highest BCUT2D eigenvalue weighted by Crippen LogP contribution is 2.45. The zero-order chi connectivity index (χ0) is 24.6. The number of hydrogen-bond acceptors (Lipinski definition) is 7. The number of halogens is 2. The van der Waals surface area contributed by atoms with E-state index < -0.39 is 15.4 Å². The Bertz CT molecular complexity index is 1540. The van der Waals surface area contributed by atoms with E-state index in [1.807, 2.05) is 30.3 Å². The topological polar surface area (TPSA) is 100 Å². The molecular formula is C23H19Cl2N3O5S. The molecule has 0 bridgehead atoms. The summed E-state index contributed by atoms with van der Waals surface area (Å²) in [7, 11) is -0.828. The number of benzene rings is 2. The van der Waals surface area contributed by atoms with E-state index >= 15 is 0 Å². The molecule has 176 valence electrons. The Morgan fingerprint density at radius 1 is 1.00 bits per heavy atom. The van der Waals surface area contributed by atoms with Crippen molar-refractivity contribution in [2.75, 3.05) is 20.5 Å². The molecular weight excluding hydrogens is 501 g/mol. The third-order valence-corrected chi connectivity index (χ3v) is 6.77. The maximum Gasteiger partial charge on any atom is 0.260 e. The normalized spacial score (nSPS) is 11.6. The van der Waals surface area contributed by atoms with Gasteiger partial charge in [-0.2, -0.15) is 4.98 Å². The highest BCUT2D eigenvalue weighted by atomic mass is 35.5. The van der Waals surface area contributed by atoms with Crippen LogP contribution in [0.5, 0.6) is 11.5 Å². The van der Waals surface area contributed by atoms with Gasteiger partial charge in [0, 0.05) is 29.5 Å². The number of ether oxygens (including phenoxy) is 2. The van der Waals surface area contributed by atoms with Gasteiger partial charge >= 0.3 is 0 Å². The third kappa shape index (κ3) is 4.34. The van der Waals surface area contributed by atoms with Crippen molar-refractivity contribution >= 4 is 44.1 Å². The van der Waals surface area contributed by atoms with E-state index in [0.717, 1.165) is 11.8 Å². The second kappa shape index (κ2) is 9.25. The lowest BCUT2D eigenvalue weighted by atomic mass is 10.0. The highest BCUT2D eigenvalue weighted by Gasteiger charge is 2.24. The minimum Gasteiger partial charge on any atom is -0.495 e. The molecule has 2 aromatic carbocycles. The molecule has 0 fully saturated rings. The van der Waals surface area contributed by atoms with Crippen LogP contribution in [-0.2, 0) is 16.4 Å². The Morgan fingerprint density at radius 2 is 1.62 bits per heavy atom. The molecule has 11 heteroatoms. The monoisotopic (exact) mass is 519 g/mol. The summed E-state index contributed by atoms with van der Waals surface area (Å²) in [6.07, 6.45) is 2.35. The van der Waals surface area contributed by atoms with Crippen molar-refractivity contribution in [2.24, 2.45) is 0 Å². The predicted molar refractivity (Wildman–Crippen MR) is 131 cm³/mol. The molecule has 0 amide bonds. The molecule has 2 aromatic heterocycles. The van der Waals surface area contributed by atoms with Gasteiger partial charge in [-0.25, -0.2) is 13.4 Å². The van der Waals surface area contributed by atoms with Gasteiger partial charge in [0.15, 0.2) is 0 Å². The fraction of sp³-hybridized carbons (Fsp3) is 0.174. The first-order valence-corrected chi connectivity index (χ1v) is 12.5. The first-order valence-electron chi connectivity index (χ1n) is 9.90. The second-order valence-electron chi connectivity index (χ2n) is 7.42. The summed E-state index contributed by atoms with van der Waals surface area (Å²) in [6.45, 7) is 0.126. The molecule has 4 aromatic rings. The van der Waals surface area contributed by atoms with Crippen molar-refractivity contribution in [2.45, 2.75) is 11.7 Å². The molecule has 0 aliphatic rings. The Balaban J connectivity index is 2.10. The average Bonchev–Trinajstić information content (AvgIpc) is 2.81. The molecule has 34 heavy (non-hydrogen) atoms. The molecule has 0 radical (unpaired) electrons. The van der Waals surface area contributed by atoms with Gasteiger partial charge in [-0.1, -0.05) is 53.5 Å². The van der Waals surface area contributed by atoms with Gasteiger partial charge in [0.05, 0.1) is 36.4 Å². The van der Waals surface area contributed by atoms with Crippen LogP contribution in [0, 0.1) is 0 Å². The SMILES string of the molecule is COc1cc(OC)c(Cl)c(-c2cc3cnc(S(C)(=O)=O)nc3n(Cc3ccccc3)c2=O)c1Cl. The Labute approximate surface area is 205 Å². The van der Waals surface area contributed by atoms with Gasteiger partial charge in [-0.15, -0.1) is 0 Å². The van der Waals surface area contributed by atoms with Crippen molar-refractivity contribution < 1.29 is 17.9 Å². The van der Waals surface area contributed by atoms with Crippen LogP contribution >= 0.6 is 23.2 Å². The Morgan fingerprint density at radius 3 is 2.18 bits per heavy atom. The van der Waals surface area contributed by atoms with Crippen LogP contribution in [0.3, 0.4) is 0 Å². The van der Waals surface area contributed by atoms with E-state index in [1.165, 1.54) is 37.1 Å². The molecule has 0 saturated heterocycles. The fourth-order valence-electron chi connectivity index (χ4n) is 3.54. The van der Waals surface area contributed by atoms with Crippen molar-refractivity contribution in [3.63, 3.8) is 0 Å². The van der Waals surface area contributed by atoms with Crippen LogP contribution in [-0.4, -0.2) is 43.4 Å². The first kappa shape index (κ1) is 24.0. The van der Waals surface area contributed by atoms with Crippen LogP contribution < -0.4 is 15.0 Å². The number of nitrogens with zero attached hydrogens (tertiary/aromatic N) is 3. The number of fused-ring (bicyclic) bond motifs is 1. The lowest BCUT2D eigenvalue weighted by Gasteiger charge is -2.17. The molecule has 2 heterocycles. The quantitative estimate of drug-likeness (QED) is 0.351. The van der Waals surface area contributed by atoms with E-state index in [0.29, 0.717) is 5.39 Å². The average molecular weight is 520 g/mol. The van der Waals surface area contributed by atoms with E-state index in [1.54, 1.807) is 0 Å².